The molecule has 5 heteroatoms. The van der Waals surface area contributed by atoms with Crippen molar-refractivity contribution in [3.05, 3.63) is 52.2 Å². The maximum absolute atomic E-state index is 6.31. The number of hydrogen-bond donors (Lipinski definition) is 1. The Kier molecular flexibility index (Phi) is 5.70. The molecule has 2 aliphatic heterocycles. The van der Waals surface area contributed by atoms with Crippen LogP contribution in [-0.2, 0) is 15.3 Å². The predicted octanol–water partition coefficient (Wildman–Crippen LogP) is 4.91. The van der Waals surface area contributed by atoms with Crippen LogP contribution in [0.2, 0.25) is 5.02 Å². The van der Waals surface area contributed by atoms with E-state index in [0.717, 1.165) is 56.0 Å². The molecule has 4 rings (SSSR count). The van der Waals surface area contributed by atoms with Crippen LogP contribution in [0.3, 0.4) is 0 Å². The van der Waals surface area contributed by atoms with E-state index in [1.165, 1.54) is 5.57 Å². The quantitative estimate of drug-likeness (QED) is 0.811. The third-order valence-corrected chi connectivity index (χ3v) is 5.06. The second kappa shape index (κ2) is 7.79. The zero-order valence-corrected chi connectivity index (χ0v) is 16.0. The van der Waals surface area contributed by atoms with Gasteiger partial charge in [-0.1, -0.05) is 31.5 Å². The van der Waals surface area contributed by atoms with E-state index in [4.69, 9.17) is 21.1 Å². The summed E-state index contributed by atoms with van der Waals surface area (Å²) in [6.07, 6.45) is 8.19. The van der Waals surface area contributed by atoms with E-state index >= 15 is 0 Å². The van der Waals surface area contributed by atoms with Gasteiger partial charge in [0.05, 0.1) is 5.02 Å². The second-order valence-corrected chi connectivity index (χ2v) is 6.92. The van der Waals surface area contributed by atoms with Crippen LogP contribution in [0.4, 0.5) is 0 Å². The zero-order valence-electron chi connectivity index (χ0n) is 15.3. The third-order valence-electron chi connectivity index (χ3n) is 4.84. The largest absolute Gasteiger partial charge is 0.447 e. The fraction of sp³-hybridized carbons (Fsp3) is 0.550. The van der Waals surface area contributed by atoms with Gasteiger partial charge in [0.15, 0.2) is 5.76 Å². The summed E-state index contributed by atoms with van der Waals surface area (Å²) >= 11 is 5.94. The lowest BCUT2D eigenvalue weighted by molar-refractivity contribution is -0.149. The maximum atomic E-state index is 6.31. The van der Waals surface area contributed by atoms with Crippen molar-refractivity contribution in [3.63, 3.8) is 0 Å². The molecule has 0 bridgehead atoms. The van der Waals surface area contributed by atoms with Gasteiger partial charge in [-0.3, -0.25) is 4.98 Å². The Morgan fingerprint density at radius 2 is 1.96 bits per heavy atom. The van der Waals surface area contributed by atoms with Crippen LogP contribution >= 0.6 is 11.6 Å². The lowest BCUT2D eigenvalue weighted by Gasteiger charge is -2.28. The van der Waals surface area contributed by atoms with Crippen LogP contribution in [0, 0.1) is 5.92 Å². The van der Waals surface area contributed by atoms with E-state index in [1.807, 2.05) is 32.9 Å². The number of nitrogens with zero attached hydrogens (tertiary/aromatic N) is 1. The monoisotopic (exact) mass is 362 g/mol. The number of aromatic nitrogens is 1. The molecule has 1 saturated heterocycles. The molecule has 1 aromatic heterocycles. The van der Waals surface area contributed by atoms with Crippen LogP contribution in [-0.4, -0.2) is 18.1 Å². The molecular formula is C20H27ClN2O2. The van der Waals surface area contributed by atoms with Gasteiger partial charge >= 0.3 is 0 Å². The summed E-state index contributed by atoms with van der Waals surface area (Å²) in [5.41, 5.74) is 2.08. The van der Waals surface area contributed by atoms with Crippen molar-refractivity contribution in [1.82, 2.24) is 10.3 Å². The summed E-state index contributed by atoms with van der Waals surface area (Å²) in [4.78, 5) is 4.39. The molecule has 1 atom stereocenters. The number of hydrogen-bond acceptors (Lipinski definition) is 4. The first-order valence-electron chi connectivity index (χ1n) is 9.30. The smallest absolute Gasteiger partial charge is 0.291 e. The van der Waals surface area contributed by atoms with Gasteiger partial charge in [-0.15, -0.1) is 0 Å². The average Bonchev–Trinajstić information content (AvgIpc) is 3.02. The fourth-order valence-electron chi connectivity index (χ4n) is 3.62. The number of rotatable bonds is 2. The number of pyridine rings is 1. The first-order chi connectivity index (χ1) is 12.2. The molecule has 136 valence electrons. The van der Waals surface area contributed by atoms with E-state index in [-0.39, 0.29) is 0 Å². The molecule has 1 fully saturated rings. The van der Waals surface area contributed by atoms with Crippen molar-refractivity contribution in [2.45, 2.75) is 52.2 Å². The highest BCUT2D eigenvalue weighted by atomic mass is 35.5. The molecular weight excluding hydrogens is 336 g/mol. The molecule has 1 N–H and O–H groups in total. The van der Waals surface area contributed by atoms with Gasteiger partial charge in [0.1, 0.15) is 11.5 Å². The highest BCUT2D eigenvalue weighted by molar-refractivity contribution is 6.30. The van der Waals surface area contributed by atoms with Crippen molar-refractivity contribution in [2.24, 2.45) is 5.92 Å². The van der Waals surface area contributed by atoms with Gasteiger partial charge in [-0.2, -0.15) is 0 Å². The van der Waals surface area contributed by atoms with Crippen molar-refractivity contribution < 1.29 is 9.47 Å². The van der Waals surface area contributed by atoms with Gasteiger partial charge in [-0.05, 0) is 56.0 Å². The molecule has 4 nitrogen and oxygen atoms in total. The average molecular weight is 363 g/mol. The summed E-state index contributed by atoms with van der Waals surface area (Å²) in [5, 5.41) is 4.04. The maximum Gasteiger partial charge on any atom is 0.291 e. The topological polar surface area (TPSA) is 43.4 Å². The Balaban J connectivity index is 0.000000880. The van der Waals surface area contributed by atoms with Crippen molar-refractivity contribution in [3.8, 4) is 0 Å². The number of ether oxygens (including phenoxy) is 2. The lowest BCUT2D eigenvalue weighted by Crippen LogP contribution is -2.30. The highest BCUT2D eigenvalue weighted by Gasteiger charge is 2.44. The van der Waals surface area contributed by atoms with Gasteiger partial charge in [0, 0.05) is 19.5 Å². The molecule has 0 spiro atoms. The predicted molar refractivity (Wildman–Crippen MR) is 100 cm³/mol. The van der Waals surface area contributed by atoms with E-state index in [2.05, 4.69) is 16.4 Å². The minimum Gasteiger partial charge on any atom is -0.447 e. The normalized spacial score (nSPS) is 26.0. The molecule has 3 heterocycles. The summed E-state index contributed by atoms with van der Waals surface area (Å²) in [6, 6.07) is 3.69. The Morgan fingerprint density at radius 1 is 1.20 bits per heavy atom. The minimum absolute atomic E-state index is 0.561. The van der Waals surface area contributed by atoms with Crippen LogP contribution in [0.15, 0.2) is 41.5 Å². The first-order valence-corrected chi connectivity index (χ1v) is 9.68. The zero-order chi connectivity index (χ0) is 17.9. The van der Waals surface area contributed by atoms with E-state index in [1.54, 1.807) is 6.20 Å². The molecule has 0 aromatic carbocycles. The van der Waals surface area contributed by atoms with Crippen molar-refractivity contribution in [2.75, 3.05) is 13.1 Å². The Bertz CT molecular complexity index is 663. The van der Waals surface area contributed by atoms with E-state index in [9.17, 15) is 0 Å². The fourth-order valence-corrected chi connectivity index (χ4v) is 3.74. The number of halogens is 1. The van der Waals surface area contributed by atoms with E-state index < -0.39 is 5.79 Å². The molecule has 25 heavy (non-hydrogen) atoms. The summed E-state index contributed by atoms with van der Waals surface area (Å²) in [5.74, 6) is 1.62. The molecule has 3 aliphatic rings. The van der Waals surface area contributed by atoms with Gasteiger partial charge in [0.2, 0.25) is 0 Å². The standard InChI is InChI=1S/C18H21ClN2O2.C2H6/c1-18(16-6-5-13(19)11-21-16)22-15-4-2-3-14(17(15)23-18)12-7-9-20-10-8-12;1-2/h3,5-6,11-12,20H,2,4,7-10H2,1H3;1-2H3. The van der Waals surface area contributed by atoms with Crippen LogP contribution in [0.1, 0.15) is 52.1 Å². The lowest BCUT2D eigenvalue weighted by atomic mass is 9.85. The van der Waals surface area contributed by atoms with Gasteiger partial charge in [-0.25, -0.2) is 0 Å². The number of allylic oxidation sites excluding steroid dienone is 3. The number of piperidine rings is 1. The van der Waals surface area contributed by atoms with Crippen molar-refractivity contribution in [1.29, 1.82) is 0 Å². The SMILES string of the molecule is CC.CC1(c2ccc(Cl)cn2)OC2=C(O1)C(C1CCNCC1)=CCC2. The van der Waals surface area contributed by atoms with Crippen molar-refractivity contribution >= 4 is 11.6 Å². The summed E-state index contributed by atoms with van der Waals surface area (Å²) in [6.45, 7) is 8.07. The molecule has 1 unspecified atom stereocenters. The summed E-state index contributed by atoms with van der Waals surface area (Å²) < 4.78 is 12.5. The Morgan fingerprint density at radius 3 is 2.64 bits per heavy atom. The third kappa shape index (κ3) is 3.70. The van der Waals surface area contributed by atoms with Crippen LogP contribution < -0.4 is 5.32 Å². The number of nitrogens with one attached hydrogen (secondary N) is 1. The Hall–Kier alpha value is -1.52. The highest BCUT2D eigenvalue weighted by Crippen LogP contribution is 2.46. The van der Waals surface area contributed by atoms with Gasteiger partial charge < -0.3 is 14.8 Å². The molecule has 1 aliphatic carbocycles. The molecule has 0 amide bonds. The molecule has 1 aromatic rings. The second-order valence-electron chi connectivity index (χ2n) is 6.49. The van der Waals surface area contributed by atoms with Crippen LogP contribution in [0.5, 0.6) is 0 Å². The van der Waals surface area contributed by atoms with Gasteiger partial charge in [0.25, 0.3) is 5.79 Å². The van der Waals surface area contributed by atoms with E-state index in [0.29, 0.717) is 10.9 Å². The first kappa shape index (κ1) is 18.3. The van der Waals surface area contributed by atoms with Crippen LogP contribution in [0.25, 0.3) is 0 Å². The Labute approximate surface area is 155 Å². The summed E-state index contributed by atoms with van der Waals surface area (Å²) in [7, 11) is 0. The minimum atomic E-state index is -0.856. The molecule has 0 radical (unpaired) electrons. The molecule has 0 saturated carbocycles.